The van der Waals surface area contributed by atoms with Crippen molar-refractivity contribution in [2.75, 3.05) is 30.3 Å². The Morgan fingerprint density at radius 2 is 1.91 bits per heavy atom. The minimum atomic E-state index is 0.0898. The van der Waals surface area contributed by atoms with Crippen LogP contribution < -0.4 is 10.6 Å². The number of hydrogen-bond acceptors (Lipinski definition) is 5. The van der Waals surface area contributed by atoms with Gasteiger partial charge in [-0.15, -0.1) is 10.2 Å². The van der Waals surface area contributed by atoms with E-state index in [1.165, 1.54) is 5.56 Å². The van der Waals surface area contributed by atoms with Crippen LogP contribution in [0.3, 0.4) is 0 Å². The van der Waals surface area contributed by atoms with E-state index >= 15 is 0 Å². The molecule has 0 aliphatic carbocycles. The van der Waals surface area contributed by atoms with Crippen LogP contribution in [0.15, 0.2) is 36.4 Å². The number of likely N-dealkylation sites (tertiary alicyclic amines) is 1. The first-order valence-electron chi connectivity index (χ1n) is 8.04. The molecule has 0 amide bonds. The lowest BCUT2D eigenvalue weighted by Crippen LogP contribution is -2.55. The Kier molecular flexibility index (Phi) is 3.83. The number of piperidine rings is 1. The molecule has 1 saturated heterocycles. The summed E-state index contributed by atoms with van der Waals surface area (Å²) in [6.45, 7) is 4.09. The molecule has 0 atom stereocenters. The summed E-state index contributed by atoms with van der Waals surface area (Å²) >= 11 is 5.97. The van der Waals surface area contributed by atoms with Gasteiger partial charge in [-0.1, -0.05) is 41.9 Å². The van der Waals surface area contributed by atoms with E-state index in [0.29, 0.717) is 5.15 Å². The Morgan fingerprint density at radius 3 is 2.70 bits per heavy atom. The Hall–Kier alpha value is -1.85. The fraction of sp³-hybridized carbons (Fsp3) is 0.412. The van der Waals surface area contributed by atoms with Crippen LogP contribution >= 0.6 is 11.6 Å². The highest BCUT2D eigenvalue weighted by Crippen LogP contribution is 2.35. The van der Waals surface area contributed by atoms with Gasteiger partial charge in [0.05, 0.1) is 11.2 Å². The molecule has 0 radical (unpaired) electrons. The molecular formula is C17H20ClN5. The second-order valence-corrected chi connectivity index (χ2v) is 6.84. The van der Waals surface area contributed by atoms with Gasteiger partial charge < -0.3 is 10.6 Å². The van der Waals surface area contributed by atoms with Gasteiger partial charge in [0.1, 0.15) is 0 Å². The van der Waals surface area contributed by atoms with Gasteiger partial charge >= 0.3 is 0 Å². The molecule has 5 nitrogen and oxygen atoms in total. The maximum Gasteiger partial charge on any atom is 0.172 e. The smallest absolute Gasteiger partial charge is 0.172 e. The van der Waals surface area contributed by atoms with Crippen molar-refractivity contribution in [1.82, 2.24) is 15.1 Å². The summed E-state index contributed by atoms with van der Waals surface area (Å²) in [5, 5.41) is 15.5. The first kappa shape index (κ1) is 14.7. The summed E-state index contributed by atoms with van der Waals surface area (Å²) in [5.41, 5.74) is 2.44. The third kappa shape index (κ3) is 3.12. The summed E-state index contributed by atoms with van der Waals surface area (Å²) in [7, 11) is 0. The van der Waals surface area contributed by atoms with Gasteiger partial charge in [-0.2, -0.15) is 0 Å². The minimum absolute atomic E-state index is 0.0898. The topological polar surface area (TPSA) is 53.1 Å². The summed E-state index contributed by atoms with van der Waals surface area (Å²) in [6, 6.07) is 12.5. The Morgan fingerprint density at radius 1 is 1.13 bits per heavy atom. The molecule has 4 rings (SSSR count). The lowest BCUT2D eigenvalue weighted by molar-refractivity contribution is 0.171. The number of rotatable bonds is 2. The third-order valence-electron chi connectivity index (χ3n) is 4.82. The number of hydrogen-bond donors (Lipinski definition) is 2. The number of halogens is 1. The van der Waals surface area contributed by atoms with Gasteiger partial charge in [-0.25, -0.2) is 0 Å². The van der Waals surface area contributed by atoms with Gasteiger partial charge in [-0.05, 0) is 18.4 Å². The van der Waals surface area contributed by atoms with E-state index in [9.17, 15) is 0 Å². The molecule has 120 valence electrons. The monoisotopic (exact) mass is 329 g/mol. The zero-order valence-corrected chi connectivity index (χ0v) is 13.7. The molecule has 1 aromatic heterocycles. The standard InChI is InChI=1S/C17H20ClN5/c18-15-10-14-16(22-21-15)19-12-17(20-14)6-8-23(9-7-17)11-13-4-2-1-3-5-13/h1-5,10,20H,6-9,11-12H2,(H,19,22). The minimum Gasteiger partial charge on any atom is -0.375 e. The van der Waals surface area contributed by atoms with Crippen molar-refractivity contribution in [3.8, 4) is 0 Å². The number of nitrogens with one attached hydrogen (secondary N) is 2. The molecule has 2 aliphatic heterocycles. The van der Waals surface area contributed by atoms with Gasteiger partial charge in [-0.3, -0.25) is 4.90 Å². The van der Waals surface area contributed by atoms with Crippen LogP contribution in [-0.2, 0) is 6.54 Å². The molecule has 2 aromatic rings. The number of aromatic nitrogens is 2. The van der Waals surface area contributed by atoms with Crippen molar-refractivity contribution in [3.63, 3.8) is 0 Å². The summed E-state index contributed by atoms with van der Waals surface area (Å²) in [4.78, 5) is 2.52. The van der Waals surface area contributed by atoms with Crippen LogP contribution in [0.4, 0.5) is 11.5 Å². The first-order chi connectivity index (χ1) is 11.2. The van der Waals surface area contributed by atoms with Crippen LogP contribution in [0, 0.1) is 0 Å². The largest absolute Gasteiger partial charge is 0.375 e. The molecule has 0 saturated carbocycles. The maximum absolute atomic E-state index is 5.97. The van der Waals surface area contributed by atoms with E-state index in [0.717, 1.165) is 50.5 Å². The molecule has 3 heterocycles. The Balaban J connectivity index is 1.41. The maximum atomic E-state index is 5.97. The number of fused-ring (bicyclic) bond motifs is 1. The summed E-state index contributed by atoms with van der Waals surface area (Å²) in [5.74, 6) is 0.798. The van der Waals surface area contributed by atoms with Crippen LogP contribution in [0.25, 0.3) is 0 Å². The number of nitrogens with zero attached hydrogens (tertiary/aromatic N) is 3. The SMILES string of the molecule is Clc1cc2c(nn1)NCC1(CCN(Cc3ccccc3)CC1)N2. The molecule has 2 aliphatic rings. The summed E-state index contributed by atoms with van der Waals surface area (Å²) in [6.07, 6.45) is 2.21. The lowest BCUT2D eigenvalue weighted by atomic mass is 9.85. The third-order valence-corrected chi connectivity index (χ3v) is 5.01. The van der Waals surface area contributed by atoms with Gasteiger partial charge in [0.2, 0.25) is 0 Å². The first-order valence-corrected chi connectivity index (χ1v) is 8.42. The molecule has 23 heavy (non-hydrogen) atoms. The highest BCUT2D eigenvalue weighted by molar-refractivity contribution is 6.29. The second-order valence-electron chi connectivity index (χ2n) is 6.45. The van der Waals surface area contributed by atoms with Crippen molar-refractivity contribution in [1.29, 1.82) is 0 Å². The highest BCUT2D eigenvalue weighted by atomic mass is 35.5. The molecular weight excluding hydrogens is 310 g/mol. The molecule has 0 unspecified atom stereocenters. The molecule has 1 fully saturated rings. The van der Waals surface area contributed by atoms with Crippen LogP contribution in [0.2, 0.25) is 5.15 Å². The van der Waals surface area contributed by atoms with Crippen molar-refractivity contribution < 1.29 is 0 Å². The van der Waals surface area contributed by atoms with Crippen LogP contribution in [-0.4, -0.2) is 40.3 Å². The van der Waals surface area contributed by atoms with E-state index in [4.69, 9.17) is 11.6 Å². The van der Waals surface area contributed by atoms with Crippen molar-refractivity contribution in [2.45, 2.75) is 24.9 Å². The van der Waals surface area contributed by atoms with Gasteiger partial charge in [0.25, 0.3) is 0 Å². The van der Waals surface area contributed by atoms with Crippen LogP contribution in [0.1, 0.15) is 18.4 Å². The average molecular weight is 330 g/mol. The zero-order chi connectivity index (χ0) is 15.7. The fourth-order valence-electron chi connectivity index (χ4n) is 3.46. The Bertz CT molecular complexity index is 683. The molecule has 1 spiro atoms. The van der Waals surface area contributed by atoms with E-state index in [-0.39, 0.29) is 5.54 Å². The quantitative estimate of drug-likeness (QED) is 0.887. The van der Waals surface area contributed by atoms with Gasteiger partial charge in [0, 0.05) is 32.2 Å². The highest BCUT2D eigenvalue weighted by Gasteiger charge is 2.37. The zero-order valence-electron chi connectivity index (χ0n) is 12.9. The van der Waals surface area contributed by atoms with Crippen LogP contribution in [0.5, 0.6) is 0 Å². The van der Waals surface area contributed by atoms with Crippen molar-refractivity contribution in [3.05, 3.63) is 47.1 Å². The van der Waals surface area contributed by atoms with Crippen molar-refractivity contribution in [2.24, 2.45) is 0 Å². The number of anilines is 2. The van der Waals surface area contributed by atoms with E-state index in [1.54, 1.807) is 0 Å². The molecule has 6 heteroatoms. The predicted molar refractivity (Wildman–Crippen MR) is 92.8 cm³/mol. The molecule has 0 bridgehead atoms. The average Bonchev–Trinajstić information content (AvgIpc) is 2.58. The normalized spacial score (nSPS) is 19.7. The fourth-order valence-corrected chi connectivity index (χ4v) is 3.61. The molecule has 2 N–H and O–H groups in total. The second kappa shape index (κ2) is 5.98. The predicted octanol–water partition coefficient (Wildman–Crippen LogP) is 3.00. The summed E-state index contributed by atoms with van der Waals surface area (Å²) < 4.78 is 0. The van der Waals surface area contributed by atoms with E-state index in [2.05, 4.69) is 56.1 Å². The lowest BCUT2D eigenvalue weighted by Gasteiger charge is -2.45. The Labute approximate surface area is 141 Å². The van der Waals surface area contributed by atoms with E-state index < -0.39 is 0 Å². The van der Waals surface area contributed by atoms with E-state index in [1.807, 2.05) is 6.07 Å². The van der Waals surface area contributed by atoms with Crippen molar-refractivity contribution >= 4 is 23.1 Å². The van der Waals surface area contributed by atoms with Gasteiger partial charge in [0.15, 0.2) is 11.0 Å². The molecule has 1 aromatic carbocycles. The number of benzene rings is 1.